The Labute approximate surface area is 84.9 Å². The van der Waals surface area contributed by atoms with Crippen molar-refractivity contribution in [1.29, 1.82) is 0 Å². The standard InChI is InChI=1S/C9H16N2O2S/c1-4-11-8(3)10-6-9(11)7-14(12,13)5-2/h6H,4-5,7H2,1-3H3. The van der Waals surface area contributed by atoms with E-state index in [1.54, 1.807) is 13.1 Å². The molecule has 1 rings (SSSR count). The van der Waals surface area contributed by atoms with Gasteiger partial charge in [-0.05, 0) is 13.8 Å². The third kappa shape index (κ3) is 2.35. The average molecular weight is 216 g/mol. The van der Waals surface area contributed by atoms with Crippen molar-refractivity contribution in [3.63, 3.8) is 0 Å². The Morgan fingerprint density at radius 2 is 2.07 bits per heavy atom. The van der Waals surface area contributed by atoms with E-state index in [-0.39, 0.29) is 11.5 Å². The van der Waals surface area contributed by atoms with Gasteiger partial charge in [0.1, 0.15) is 5.82 Å². The lowest BCUT2D eigenvalue weighted by molar-refractivity contribution is 0.593. The fraction of sp³-hybridized carbons (Fsp3) is 0.667. The molecule has 1 aromatic heterocycles. The van der Waals surface area contributed by atoms with Crippen LogP contribution in [0.5, 0.6) is 0 Å². The molecule has 0 amide bonds. The Bertz CT molecular complexity index is 406. The van der Waals surface area contributed by atoms with Gasteiger partial charge in [-0.25, -0.2) is 13.4 Å². The third-order valence-corrected chi connectivity index (χ3v) is 3.88. The lowest BCUT2D eigenvalue weighted by atomic mass is 10.5. The summed E-state index contributed by atoms with van der Waals surface area (Å²) in [5.41, 5.74) is 0.784. The van der Waals surface area contributed by atoms with Crippen LogP contribution >= 0.6 is 0 Å². The van der Waals surface area contributed by atoms with E-state index in [0.29, 0.717) is 0 Å². The van der Waals surface area contributed by atoms with E-state index < -0.39 is 9.84 Å². The van der Waals surface area contributed by atoms with E-state index in [4.69, 9.17) is 0 Å². The summed E-state index contributed by atoms with van der Waals surface area (Å²) in [5, 5.41) is 0. The highest BCUT2D eigenvalue weighted by Gasteiger charge is 2.13. The van der Waals surface area contributed by atoms with Crippen molar-refractivity contribution in [3.05, 3.63) is 17.7 Å². The highest BCUT2D eigenvalue weighted by molar-refractivity contribution is 7.90. The summed E-state index contributed by atoms with van der Waals surface area (Å²) in [6.45, 7) is 6.29. The fourth-order valence-electron chi connectivity index (χ4n) is 1.39. The van der Waals surface area contributed by atoms with Crippen LogP contribution < -0.4 is 0 Å². The van der Waals surface area contributed by atoms with E-state index in [9.17, 15) is 8.42 Å². The van der Waals surface area contributed by atoms with Gasteiger partial charge in [0.05, 0.1) is 11.4 Å². The molecule has 1 aromatic rings. The Balaban J connectivity index is 2.98. The van der Waals surface area contributed by atoms with Crippen LogP contribution in [0.25, 0.3) is 0 Å². The van der Waals surface area contributed by atoms with E-state index >= 15 is 0 Å². The number of hydrogen-bond acceptors (Lipinski definition) is 3. The van der Waals surface area contributed by atoms with Crippen molar-refractivity contribution in [1.82, 2.24) is 9.55 Å². The summed E-state index contributed by atoms with van der Waals surface area (Å²) < 4.78 is 24.7. The van der Waals surface area contributed by atoms with E-state index in [0.717, 1.165) is 18.1 Å². The maximum atomic E-state index is 11.4. The van der Waals surface area contributed by atoms with Gasteiger partial charge < -0.3 is 4.57 Å². The number of nitrogens with zero attached hydrogens (tertiary/aromatic N) is 2. The number of aromatic nitrogens is 2. The zero-order valence-corrected chi connectivity index (χ0v) is 9.63. The Morgan fingerprint density at radius 3 is 2.57 bits per heavy atom. The molecule has 0 atom stereocenters. The third-order valence-electron chi connectivity index (χ3n) is 2.26. The molecule has 0 saturated heterocycles. The van der Waals surface area contributed by atoms with Gasteiger partial charge >= 0.3 is 0 Å². The van der Waals surface area contributed by atoms with Gasteiger partial charge in [-0.3, -0.25) is 0 Å². The predicted molar refractivity (Wildman–Crippen MR) is 55.8 cm³/mol. The predicted octanol–water partition coefficient (Wildman–Crippen LogP) is 1.15. The maximum Gasteiger partial charge on any atom is 0.155 e. The van der Waals surface area contributed by atoms with E-state index in [1.165, 1.54) is 0 Å². The topological polar surface area (TPSA) is 52.0 Å². The summed E-state index contributed by atoms with van der Waals surface area (Å²) in [5.74, 6) is 1.15. The molecule has 0 radical (unpaired) electrons. The molecule has 0 aliphatic heterocycles. The molecule has 0 saturated carbocycles. The van der Waals surface area contributed by atoms with Crippen molar-refractivity contribution in [2.24, 2.45) is 0 Å². The van der Waals surface area contributed by atoms with Crippen LogP contribution in [-0.4, -0.2) is 23.7 Å². The number of imidazole rings is 1. The summed E-state index contributed by atoms with van der Waals surface area (Å²) in [7, 11) is -2.95. The normalized spacial score (nSPS) is 11.9. The number of rotatable bonds is 4. The Morgan fingerprint density at radius 1 is 1.43 bits per heavy atom. The minimum absolute atomic E-state index is 0.0954. The molecule has 0 aliphatic rings. The van der Waals surface area contributed by atoms with Gasteiger partial charge in [-0.2, -0.15) is 0 Å². The molecule has 0 spiro atoms. The molecule has 0 bridgehead atoms. The average Bonchev–Trinajstić information content (AvgIpc) is 2.46. The first-order valence-corrected chi connectivity index (χ1v) is 6.53. The smallest absolute Gasteiger partial charge is 0.155 e. The quantitative estimate of drug-likeness (QED) is 0.758. The minimum atomic E-state index is -2.95. The highest BCUT2D eigenvalue weighted by atomic mass is 32.2. The Hall–Kier alpha value is -0.840. The second-order valence-electron chi connectivity index (χ2n) is 3.22. The van der Waals surface area contributed by atoms with Crippen LogP contribution in [0.15, 0.2) is 6.20 Å². The first-order valence-electron chi connectivity index (χ1n) is 4.71. The number of hydrogen-bond donors (Lipinski definition) is 0. The molecule has 0 aromatic carbocycles. The van der Waals surface area contributed by atoms with Crippen LogP contribution in [-0.2, 0) is 22.1 Å². The van der Waals surface area contributed by atoms with Gasteiger partial charge in [0, 0.05) is 18.5 Å². The molecule has 4 nitrogen and oxygen atoms in total. The van der Waals surface area contributed by atoms with Crippen LogP contribution in [0.4, 0.5) is 0 Å². The van der Waals surface area contributed by atoms with E-state index in [2.05, 4.69) is 4.98 Å². The molecule has 0 N–H and O–H groups in total. The second-order valence-corrected chi connectivity index (χ2v) is 5.57. The van der Waals surface area contributed by atoms with Gasteiger partial charge in [-0.1, -0.05) is 6.92 Å². The second kappa shape index (κ2) is 4.13. The van der Waals surface area contributed by atoms with Crippen molar-refractivity contribution < 1.29 is 8.42 Å². The molecule has 0 aliphatic carbocycles. The van der Waals surface area contributed by atoms with Crippen molar-refractivity contribution in [2.45, 2.75) is 33.1 Å². The van der Waals surface area contributed by atoms with Gasteiger partial charge in [0.15, 0.2) is 9.84 Å². The van der Waals surface area contributed by atoms with Gasteiger partial charge in [-0.15, -0.1) is 0 Å². The molecule has 5 heteroatoms. The van der Waals surface area contributed by atoms with E-state index in [1.807, 2.05) is 18.4 Å². The van der Waals surface area contributed by atoms with Crippen LogP contribution in [0.2, 0.25) is 0 Å². The maximum absolute atomic E-state index is 11.4. The SMILES string of the molecule is CCn1c(CS(=O)(=O)CC)cnc1C. The minimum Gasteiger partial charge on any atom is -0.332 e. The monoisotopic (exact) mass is 216 g/mol. The molecule has 1 heterocycles. The summed E-state index contributed by atoms with van der Waals surface area (Å²) in [6.07, 6.45) is 1.64. The molecule has 14 heavy (non-hydrogen) atoms. The zero-order valence-electron chi connectivity index (χ0n) is 8.82. The van der Waals surface area contributed by atoms with Crippen molar-refractivity contribution in [3.8, 4) is 0 Å². The van der Waals surface area contributed by atoms with Crippen molar-refractivity contribution in [2.75, 3.05) is 5.75 Å². The number of aryl methyl sites for hydroxylation is 1. The summed E-state index contributed by atoms with van der Waals surface area (Å²) >= 11 is 0. The fourth-order valence-corrected chi connectivity index (χ4v) is 2.27. The molecular formula is C9H16N2O2S. The van der Waals surface area contributed by atoms with Crippen LogP contribution in [0.1, 0.15) is 25.4 Å². The highest BCUT2D eigenvalue weighted by Crippen LogP contribution is 2.09. The van der Waals surface area contributed by atoms with Gasteiger partial charge in [0.25, 0.3) is 0 Å². The molecule has 80 valence electrons. The Kier molecular flexibility index (Phi) is 3.31. The first-order chi connectivity index (χ1) is 6.50. The van der Waals surface area contributed by atoms with Crippen LogP contribution in [0.3, 0.4) is 0 Å². The summed E-state index contributed by atoms with van der Waals surface area (Å²) in [4.78, 5) is 4.10. The lowest BCUT2D eigenvalue weighted by Crippen LogP contribution is -2.11. The zero-order chi connectivity index (χ0) is 10.8. The van der Waals surface area contributed by atoms with Crippen molar-refractivity contribution >= 4 is 9.84 Å². The lowest BCUT2D eigenvalue weighted by Gasteiger charge is -2.06. The summed E-state index contributed by atoms with van der Waals surface area (Å²) in [6, 6.07) is 0. The molecule has 0 unspecified atom stereocenters. The van der Waals surface area contributed by atoms with Crippen LogP contribution in [0, 0.1) is 6.92 Å². The van der Waals surface area contributed by atoms with Gasteiger partial charge in [0.2, 0.25) is 0 Å². The molecule has 0 fully saturated rings. The molecular weight excluding hydrogens is 200 g/mol. The first kappa shape index (κ1) is 11.2. The largest absolute Gasteiger partial charge is 0.332 e. The number of sulfone groups is 1.